The van der Waals surface area contributed by atoms with Crippen LogP contribution in [-0.4, -0.2) is 55.7 Å². The normalized spacial score (nSPS) is 25.4. The SMILES string of the molecule is COc1ccc(NC(=O)CN2C[C@@H]3CCC[C@@]3(C(=O)O)C2)c(OC)c1. The monoisotopic (exact) mass is 348 g/mol. The Balaban J connectivity index is 1.63. The van der Waals surface area contributed by atoms with E-state index >= 15 is 0 Å². The standard InChI is InChI=1S/C18H24N2O5/c1-24-13-5-6-14(15(8-13)25-2)19-16(21)10-20-9-12-4-3-7-18(12,11-20)17(22)23/h5-6,8,12H,3-4,7,9-11H2,1-2H3,(H,19,21)(H,22,23)/t12-,18+/m0/s1. The van der Waals surface area contributed by atoms with E-state index in [0.29, 0.717) is 36.7 Å². The molecule has 0 radical (unpaired) electrons. The Morgan fingerprint density at radius 1 is 1.36 bits per heavy atom. The second kappa shape index (κ2) is 6.92. The predicted octanol–water partition coefficient (Wildman–Crippen LogP) is 1.83. The third kappa shape index (κ3) is 3.28. The lowest BCUT2D eigenvalue weighted by Crippen LogP contribution is -2.37. The Morgan fingerprint density at radius 2 is 2.16 bits per heavy atom. The number of ether oxygens (including phenoxy) is 2. The van der Waals surface area contributed by atoms with Crippen LogP contribution in [0.1, 0.15) is 19.3 Å². The maximum Gasteiger partial charge on any atom is 0.311 e. The Labute approximate surface area is 146 Å². The van der Waals surface area contributed by atoms with Gasteiger partial charge >= 0.3 is 5.97 Å². The first-order chi connectivity index (χ1) is 12.0. The minimum absolute atomic E-state index is 0.147. The van der Waals surface area contributed by atoms with E-state index in [1.54, 1.807) is 25.3 Å². The minimum Gasteiger partial charge on any atom is -0.497 e. The third-order valence-corrected chi connectivity index (χ3v) is 5.42. The number of hydrogen-bond donors (Lipinski definition) is 2. The highest BCUT2D eigenvalue weighted by molar-refractivity contribution is 5.94. The summed E-state index contributed by atoms with van der Waals surface area (Å²) in [5, 5.41) is 12.5. The van der Waals surface area contributed by atoms with Gasteiger partial charge in [-0.25, -0.2) is 0 Å². The number of methoxy groups -OCH3 is 2. The number of nitrogens with one attached hydrogen (secondary N) is 1. The molecule has 1 saturated carbocycles. The zero-order valence-corrected chi connectivity index (χ0v) is 14.6. The lowest BCUT2D eigenvalue weighted by molar-refractivity contribution is -0.149. The lowest BCUT2D eigenvalue weighted by atomic mass is 9.81. The summed E-state index contributed by atoms with van der Waals surface area (Å²) in [5.41, 5.74) is -0.0985. The maximum atomic E-state index is 12.4. The largest absolute Gasteiger partial charge is 0.497 e. The molecule has 136 valence electrons. The minimum atomic E-state index is -0.727. The number of hydrogen-bond acceptors (Lipinski definition) is 5. The number of carbonyl (C=O) groups is 2. The smallest absolute Gasteiger partial charge is 0.311 e. The molecule has 2 aliphatic rings. The molecular weight excluding hydrogens is 324 g/mol. The molecule has 0 bridgehead atoms. The van der Waals surface area contributed by atoms with Crippen LogP contribution >= 0.6 is 0 Å². The van der Waals surface area contributed by atoms with Gasteiger partial charge in [0.1, 0.15) is 11.5 Å². The second-order valence-corrected chi connectivity index (χ2v) is 6.83. The Kier molecular flexibility index (Phi) is 4.85. The van der Waals surface area contributed by atoms with Crippen molar-refractivity contribution in [3.63, 3.8) is 0 Å². The number of fused-ring (bicyclic) bond motifs is 1. The predicted molar refractivity (Wildman–Crippen MR) is 92.0 cm³/mol. The first-order valence-corrected chi connectivity index (χ1v) is 8.46. The van der Waals surface area contributed by atoms with Crippen molar-refractivity contribution in [1.82, 2.24) is 4.90 Å². The molecule has 0 unspecified atom stereocenters. The van der Waals surface area contributed by atoms with E-state index in [9.17, 15) is 14.7 Å². The molecule has 1 aromatic carbocycles. The summed E-state index contributed by atoms with van der Waals surface area (Å²) in [6.07, 6.45) is 2.59. The summed E-state index contributed by atoms with van der Waals surface area (Å²) in [6, 6.07) is 5.18. The summed E-state index contributed by atoms with van der Waals surface area (Å²) in [4.78, 5) is 26.1. The van der Waals surface area contributed by atoms with Gasteiger partial charge in [-0.3, -0.25) is 14.5 Å². The summed E-state index contributed by atoms with van der Waals surface area (Å²) < 4.78 is 10.4. The van der Waals surface area contributed by atoms with Crippen LogP contribution < -0.4 is 14.8 Å². The van der Waals surface area contributed by atoms with Crippen LogP contribution in [-0.2, 0) is 9.59 Å². The number of aliphatic carboxylic acids is 1. The molecule has 1 heterocycles. The highest BCUT2D eigenvalue weighted by atomic mass is 16.5. The van der Waals surface area contributed by atoms with Gasteiger partial charge < -0.3 is 19.9 Å². The molecule has 25 heavy (non-hydrogen) atoms. The molecule has 0 aromatic heterocycles. The van der Waals surface area contributed by atoms with Crippen LogP contribution in [0.5, 0.6) is 11.5 Å². The maximum absolute atomic E-state index is 12.4. The number of benzene rings is 1. The molecule has 1 saturated heterocycles. The average molecular weight is 348 g/mol. The molecule has 1 aromatic rings. The van der Waals surface area contributed by atoms with Gasteiger partial charge in [0.25, 0.3) is 0 Å². The molecule has 3 rings (SSSR count). The van der Waals surface area contributed by atoms with Crippen LogP contribution in [0.3, 0.4) is 0 Å². The van der Waals surface area contributed by atoms with E-state index in [1.165, 1.54) is 7.11 Å². The van der Waals surface area contributed by atoms with E-state index < -0.39 is 11.4 Å². The lowest BCUT2D eigenvalue weighted by Gasteiger charge is -2.23. The number of carbonyl (C=O) groups excluding carboxylic acids is 1. The van der Waals surface area contributed by atoms with Gasteiger partial charge in [-0.05, 0) is 30.9 Å². The van der Waals surface area contributed by atoms with Gasteiger partial charge in [0.05, 0.1) is 31.9 Å². The number of rotatable bonds is 6. The van der Waals surface area contributed by atoms with Crippen LogP contribution in [0.2, 0.25) is 0 Å². The summed E-state index contributed by atoms with van der Waals surface area (Å²) in [5.74, 6) is 0.408. The van der Waals surface area contributed by atoms with Crippen molar-refractivity contribution in [2.45, 2.75) is 19.3 Å². The van der Waals surface area contributed by atoms with Gasteiger partial charge in [-0.15, -0.1) is 0 Å². The van der Waals surface area contributed by atoms with Crippen molar-refractivity contribution in [3.05, 3.63) is 18.2 Å². The van der Waals surface area contributed by atoms with Crippen LogP contribution in [0.15, 0.2) is 18.2 Å². The topological polar surface area (TPSA) is 88.1 Å². The van der Waals surface area contributed by atoms with Crippen molar-refractivity contribution in [1.29, 1.82) is 0 Å². The van der Waals surface area contributed by atoms with E-state index in [2.05, 4.69) is 5.32 Å². The number of likely N-dealkylation sites (tertiary alicyclic amines) is 1. The first-order valence-electron chi connectivity index (χ1n) is 8.46. The molecule has 1 amide bonds. The Morgan fingerprint density at radius 3 is 2.80 bits per heavy atom. The van der Waals surface area contributed by atoms with Crippen molar-refractivity contribution in [2.24, 2.45) is 11.3 Å². The van der Waals surface area contributed by atoms with Gasteiger partial charge in [-0.2, -0.15) is 0 Å². The zero-order valence-electron chi connectivity index (χ0n) is 14.6. The van der Waals surface area contributed by atoms with Crippen molar-refractivity contribution >= 4 is 17.6 Å². The molecule has 7 nitrogen and oxygen atoms in total. The molecule has 7 heteroatoms. The molecule has 2 fully saturated rings. The summed E-state index contributed by atoms with van der Waals surface area (Å²) in [7, 11) is 3.10. The number of carboxylic acids is 1. The molecular formula is C18H24N2O5. The highest BCUT2D eigenvalue weighted by Gasteiger charge is 2.54. The molecule has 0 spiro atoms. The number of carboxylic acid groups (broad SMARTS) is 1. The summed E-state index contributed by atoms with van der Waals surface area (Å²) in [6.45, 7) is 1.29. The first kappa shape index (κ1) is 17.5. The van der Waals surface area contributed by atoms with E-state index in [-0.39, 0.29) is 18.4 Å². The zero-order chi connectivity index (χ0) is 18.0. The van der Waals surface area contributed by atoms with Crippen molar-refractivity contribution in [2.75, 3.05) is 39.2 Å². The van der Waals surface area contributed by atoms with Crippen LogP contribution in [0.25, 0.3) is 0 Å². The fraction of sp³-hybridized carbons (Fsp3) is 0.556. The van der Waals surface area contributed by atoms with Gasteiger partial charge in [0.15, 0.2) is 0 Å². The molecule has 2 atom stereocenters. The van der Waals surface area contributed by atoms with Gasteiger partial charge in [-0.1, -0.05) is 6.42 Å². The van der Waals surface area contributed by atoms with Gasteiger partial charge in [0.2, 0.25) is 5.91 Å². The highest BCUT2D eigenvalue weighted by Crippen LogP contribution is 2.48. The molecule has 1 aliphatic carbocycles. The van der Waals surface area contributed by atoms with Crippen LogP contribution in [0, 0.1) is 11.3 Å². The number of anilines is 1. The third-order valence-electron chi connectivity index (χ3n) is 5.42. The Hall–Kier alpha value is -2.28. The number of amides is 1. The summed E-state index contributed by atoms with van der Waals surface area (Å²) >= 11 is 0. The van der Waals surface area contributed by atoms with Crippen molar-refractivity contribution in [3.8, 4) is 11.5 Å². The quantitative estimate of drug-likeness (QED) is 0.815. The average Bonchev–Trinajstić information content (AvgIpc) is 3.13. The van der Waals surface area contributed by atoms with Crippen molar-refractivity contribution < 1.29 is 24.2 Å². The van der Waals surface area contributed by atoms with E-state index in [4.69, 9.17) is 9.47 Å². The van der Waals surface area contributed by atoms with Gasteiger partial charge in [0, 0.05) is 19.2 Å². The number of nitrogens with zero attached hydrogens (tertiary/aromatic N) is 1. The van der Waals surface area contributed by atoms with Crippen LogP contribution in [0.4, 0.5) is 5.69 Å². The fourth-order valence-corrected chi connectivity index (χ4v) is 4.16. The van der Waals surface area contributed by atoms with E-state index in [1.807, 2.05) is 4.90 Å². The fourth-order valence-electron chi connectivity index (χ4n) is 4.16. The van der Waals surface area contributed by atoms with E-state index in [0.717, 1.165) is 12.8 Å². The Bertz CT molecular complexity index is 677. The second-order valence-electron chi connectivity index (χ2n) is 6.83. The molecule has 2 N–H and O–H groups in total. The molecule has 1 aliphatic heterocycles.